The molecule has 2 rings (SSSR count). The quantitative estimate of drug-likeness (QED) is 0.846. The zero-order valence-corrected chi connectivity index (χ0v) is 11.2. The molecule has 0 saturated heterocycles. The number of nitrogen functional groups attached to an aromatic ring is 1. The number of hydrogen-bond acceptors (Lipinski definition) is 3. The Morgan fingerprint density at radius 1 is 1.30 bits per heavy atom. The summed E-state index contributed by atoms with van der Waals surface area (Å²) in [6, 6.07) is 9.30. The lowest BCUT2D eigenvalue weighted by molar-refractivity contribution is 0.102. The van der Waals surface area contributed by atoms with Gasteiger partial charge in [-0.1, -0.05) is 6.07 Å². The van der Waals surface area contributed by atoms with Gasteiger partial charge in [-0.2, -0.15) is 0 Å². The van der Waals surface area contributed by atoms with Crippen LogP contribution < -0.4 is 15.8 Å². The van der Waals surface area contributed by atoms with Crippen molar-refractivity contribution >= 4 is 17.3 Å². The van der Waals surface area contributed by atoms with Crippen molar-refractivity contribution in [1.29, 1.82) is 0 Å². The number of aryl methyl sites for hydroxylation is 1. The van der Waals surface area contributed by atoms with Gasteiger partial charge in [-0.25, -0.2) is 4.39 Å². The van der Waals surface area contributed by atoms with E-state index in [0.717, 1.165) is 0 Å². The van der Waals surface area contributed by atoms with Crippen molar-refractivity contribution in [2.45, 2.75) is 6.92 Å². The van der Waals surface area contributed by atoms with E-state index in [4.69, 9.17) is 10.5 Å². The van der Waals surface area contributed by atoms with Crippen LogP contribution in [-0.4, -0.2) is 13.0 Å². The average Bonchev–Trinajstić information content (AvgIpc) is 2.42. The minimum atomic E-state index is -0.361. The van der Waals surface area contributed by atoms with Crippen LogP contribution in [0.15, 0.2) is 36.4 Å². The lowest BCUT2D eigenvalue weighted by atomic mass is 10.1. The first-order valence-electron chi connectivity index (χ1n) is 6.03. The molecule has 4 nitrogen and oxygen atoms in total. The minimum Gasteiger partial charge on any atom is -0.494 e. The number of rotatable bonds is 3. The van der Waals surface area contributed by atoms with Gasteiger partial charge in [-0.05, 0) is 42.8 Å². The highest BCUT2D eigenvalue weighted by Gasteiger charge is 2.14. The molecule has 0 radical (unpaired) electrons. The maximum atomic E-state index is 13.2. The normalized spacial score (nSPS) is 10.2. The summed E-state index contributed by atoms with van der Waals surface area (Å²) < 4.78 is 18.3. The van der Waals surface area contributed by atoms with E-state index in [1.54, 1.807) is 31.2 Å². The molecule has 0 aliphatic carbocycles. The molecular weight excluding hydrogens is 259 g/mol. The number of nitrogens with two attached hydrogens (primary N) is 1. The van der Waals surface area contributed by atoms with Crippen LogP contribution in [0.2, 0.25) is 0 Å². The Labute approximate surface area is 116 Å². The molecule has 104 valence electrons. The highest BCUT2D eigenvalue weighted by atomic mass is 19.1. The predicted molar refractivity (Wildman–Crippen MR) is 76.5 cm³/mol. The molecule has 3 N–H and O–H groups in total. The highest BCUT2D eigenvalue weighted by Crippen LogP contribution is 2.26. The largest absolute Gasteiger partial charge is 0.494 e. The van der Waals surface area contributed by atoms with E-state index in [2.05, 4.69) is 5.32 Å². The van der Waals surface area contributed by atoms with Gasteiger partial charge in [0, 0.05) is 5.69 Å². The molecule has 0 heterocycles. The van der Waals surface area contributed by atoms with Gasteiger partial charge >= 0.3 is 0 Å². The number of carbonyl (C=O) groups excluding carboxylic acids is 1. The van der Waals surface area contributed by atoms with E-state index in [0.29, 0.717) is 28.3 Å². The van der Waals surface area contributed by atoms with E-state index in [9.17, 15) is 9.18 Å². The molecule has 1 amide bonds. The molecule has 0 aliphatic heterocycles. The van der Waals surface area contributed by atoms with Crippen molar-refractivity contribution in [2.75, 3.05) is 18.2 Å². The first-order valence-corrected chi connectivity index (χ1v) is 6.03. The van der Waals surface area contributed by atoms with Crippen LogP contribution >= 0.6 is 0 Å². The van der Waals surface area contributed by atoms with Gasteiger partial charge < -0.3 is 15.8 Å². The third-order valence-corrected chi connectivity index (χ3v) is 2.91. The molecule has 0 bridgehead atoms. The standard InChI is InChI=1S/C15H15FN2O2/c1-9-8-10(6-7-12(9)16)18-15(19)11-4-3-5-13(17)14(11)20-2/h3-8H,17H2,1-2H3,(H,18,19). The van der Waals surface area contributed by atoms with E-state index in [1.165, 1.54) is 19.2 Å². The maximum Gasteiger partial charge on any atom is 0.259 e. The Morgan fingerprint density at radius 3 is 2.70 bits per heavy atom. The lowest BCUT2D eigenvalue weighted by Gasteiger charge is -2.11. The van der Waals surface area contributed by atoms with Gasteiger partial charge in [-0.3, -0.25) is 4.79 Å². The summed E-state index contributed by atoms with van der Waals surface area (Å²) in [6.45, 7) is 1.63. The Morgan fingerprint density at radius 2 is 2.05 bits per heavy atom. The second-order valence-corrected chi connectivity index (χ2v) is 4.35. The number of halogens is 1. The van der Waals surface area contributed by atoms with Crippen molar-refractivity contribution in [3.63, 3.8) is 0 Å². The molecule has 20 heavy (non-hydrogen) atoms. The van der Waals surface area contributed by atoms with Crippen molar-refractivity contribution in [1.82, 2.24) is 0 Å². The Bertz CT molecular complexity index is 656. The summed E-state index contributed by atoms with van der Waals surface area (Å²) in [5, 5.41) is 2.69. The SMILES string of the molecule is COc1c(N)cccc1C(=O)Nc1ccc(F)c(C)c1. The monoisotopic (exact) mass is 274 g/mol. The number of methoxy groups -OCH3 is 1. The number of para-hydroxylation sites is 1. The smallest absolute Gasteiger partial charge is 0.259 e. The number of nitrogens with one attached hydrogen (secondary N) is 1. The summed E-state index contributed by atoms with van der Waals surface area (Å²) >= 11 is 0. The molecule has 2 aromatic carbocycles. The first-order chi connectivity index (χ1) is 9.52. The number of benzene rings is 2. The van der Waals surface area contributed by atoms with Crippen LogP contribution in [0.1, 0.15) is 15.9 Å². The van der Waals surface area contributed by atoms with Crippen LogP contribution in [0.4, 0.5) is 15.8 Å². The summed E-state index contributed by atoms with van der Waals surface area (Å²) in [5.41, 5.74) is 7.44. The van der Waals surface area contributed by atoms with Crippen molar-refractivity contribution < 1.29 is 13.9 Å². The predicted octanol–water partition coefficient (Wildman–Crippen LogP) is 2.98. The third-order valence-electron chi connectivity index (χ3n) is 2.91. The fraction of sp³-hybridized carbons (Fsp3) is 0.133. The van der Waals surface area contributed by atoms with Gasteiger partial charge in [0.25, 0.3) is 5.91 Å². The summed E-state index contributed by atoms with van der Waals surface area (Å²) in [7, 11) is 1.45. The molecule has 0 fully saturated rings. The van der Waals surface area contributed by atoms with Gasteiger partial charge in [0.2, 0.25) is 0 Å². The Balaban J connectivity index is 2.28. The molecule has 2 aromatic rings. The molecule has 0 saturated carbocycles. The molecule has 0 aliphatic rings. The molecule has 0 unspecified atom stereocenters. The van der Waals surface area contributed by atoms with Crippen LogP contribution in [0.25, 0.3) is 0 Å². The highest BCUT2D eigenvalue weighted by molar-refractivity contribution is 6.07. The fourth-order valence-electron chi connectivity index (χ4n) is 1.88. The zero-order chi connectivity index (χ0) is 14.7. The van der Waals surface area contributed by atoms with Crippen LogP contribution in [0, 0.1) is 12.7 Å². The van der Waals surface area contributed by atoms with Crippen LogP contribution in [0.5, 0.6) is 5.75 Å². The van der Waals surface area contributed by atoms with Crippen molar-refractivity contribution in [3.05, 3.63) is 53.3 Å². The second-order valence-electron chi connectivity index (χ2n) is 4.35. The number of amides is 1. The molecule has 0 atom stereocenters. The van der Waals surface area contributed by atoms with Crippen molar-refractivity contribution in [3.8, 4) is 5.75 Å². The van der Waals surface area contributed by atoms with E-state index in [-0.39, 0.29) is 11.7 Å². The molecule has 5 heteroatoms. The first kappa shape index (κ1) is 13.9. The minimum absolute atomic E-state index is 0.315. The van der Waals surface area contributed by atoms with Gasteiger partial charge in [0.05, 0.1) is 18.4 Å². The Hall–Kier alpha value is -2.56. The average molecular weight is 274 g/mol. The summed E-state index contributed by atoms with van der Waals surface area (Å²) in [5.74, 6) is -0.353. The number of anilines is 2. The van der Waals surface area contributed by atoms with E-state index in [1.807, 2.05) is 0 Å². The Kier molecular flexibility index (Phi) is 3.89. The summed E-state index contributed by atoms with van der Waals surface area (Å²) in [6.07, 6.45) is 0. The fourth-order valence-corrected chi connectivity index (χ4v) is 1.88. The number of ether oxygens (including phenoxy) is 1. The lowest BCUT2D eigenvalue weighted by Crippen LogP contribution is -2.14. The van der Waals surface area contributed by atoms with Gasteiger partial charge in [0.15, 0.2) is 5.75 Å². The molecular formula is C15H15FN2O2. The van der Waals surface area contributed by atoms with E-state index >= 15 is 0 Å². The second kappa shape index (κ2) is 5.61. The van der Waals surface area contributed by atoms with Gasteiger partial charge in [-0.15, -0.1) is 0 Å². The molecule has 0 spiro atoms. The van der Waals surface area contributed by atoms with Crippen LogP contribution in [-0.2, 0) is 0 Å². The topological polar surface area (TPSA) is 64.3 Å². The number of hydrogen-bond donors (Lipinski definition) is 2. The van der Waals surface area contributed by atoms with E-state index < -0.39 is 0 Å². The zero-order valence-electron chi connectivity index (χ0n) is 11.2. The van der Waals surface area contributed by atoms with Crippen LogP contribution in [0.3, 0.4) is 0 Å². The summed E-state index contributed by atoms with van der Waals surface area (Å²) in [4.78, 5) is 12.2. The third kappa shape index (κ3) is 2.71. The maximum absolute atomic E-state index is 13.2. The van der Waals surface area contributed by atoms with Gasteiger partial charge in [0.1, 0.15) is 5.82 Å². The molecule has 0 aromatic heterocycles. The number of carbonyl (C=O) groups is 1. The van der Waals surface area contributed by atoms with Crippen molar-refractivity contribution in [2.24, 2.45) is 0 Å².